The van der Waals surface area contributed by atoms with E-state index in [1.807, 2.05) is 17.5 Å². The van der Waals surface area contributed by atoms with Crippen molar-refractivity contribution in [2.75, 3.05) is 6.54 Å². The number of carbonyl (C=O) groups is 1. The van der Waals surface area contributed by atoms with Crippen LogP contribution >= 0.6 is 34.5 Å². The van der Waals surface area contributed by atoms with Crippen molar-refractivity contribution in [1.82, 2.24) is 9.88 Å². The SMILES string of the molecule is C=CCN(Cc1cccs1)C(=O)c1nc(Cl)ccc1Cl. The van der Waals surface area contributed by atoms with E-state index in [1.165, 1.54) is 0 Å². The third kappa shape index (κ3) is 3.60. The lowest BCUT2D eigenvalue weighted by atomic mass is 10.3. The molecule has 0 saturated heterocycles. The third-order valence-corrected chi connectivity index (χ3v) is 3.95. The molecule has 3 nitrogen and oxygen atoms in total. The van der Waals surface area contributed by atoms with Crippen LogP contribution in [0.25, 0.3) is 0 Å². The first-order chi connectivity index (χ1) is 9.61. The predicted molar refractivity (Wildman–Crippen MR) is 83.5 cm³/mol. The third-order valence-electron chi connectivity index (χ3n) is 2.58. The maximum atomic E-state index is 12.5. The van der Waals surface area contributed by atoms with E-state index in [4.69, 9.17) is 23.2 Å². The summed E-state index contributed by atoms with van der Waals surface area (Å²) in [6.45, 7) is 4.59. The van der Waals surface area contributed by atoms with E-state index in [0.29, 0.717) is 18.1 Å². The van der Waals surface area contributed by atoms with Crippen molar-refractivity contribution in [3.63, 3.8) is 0 Å². The minimum Gasteiger partial charge on any atom is -0.328 e. The molecule has 0 aromatic carbocycles. The molecule has 2 rings (SSSR count). The smallest absolute Gasteiger partial charge is 0.274 e. The van der Waals surface area contributed by atoms with Gasteiger partial charge in [-0.1, -0.05) is 35.3 Å². The number of nitrogens with zero attached hydrogens (tertiary/aromatic N) is 2. The van der Waals surface area contributed by atoms with Gasteiger partial charge in [0, 0.05) is 11.4 Å². The highest BCUT2D eigenvalue weighted by Crippen LogP contribution is 2.20. The summed E-state index contributed by atoms with van der Waals surface area (Å²) in [5.41, 5.74) is 0.164. The van der Waals surface area contributed by atoms with Crippen molar-refractivity contribution in [2.24, 2.45) is 0 Å². The number of thiophene rings is 1. The summed E-state index contributed by atoms with van der Waals surface area (Å²) in [5.74, 6) is -0.259. The van der Waals surface area contributed by atoms with Crippen LogP contribution in [0.3, 0.4) is 0 Å². The fourth-order valence-electron chi connectivity index (χ4n) is 1.68. The maximum Gasteiger partial charge on any atom is 0.274 e. The molecule has 0 unspecified atom stereocenters. The molecule has 0 aliphatic rings. The van der Waals surface area contributed by atoms with Gasteiger partial charge in [0.2, 0.25) is 0 Å². The van der Waals surface area contributed by atoms with E-state index >= 15 is 0 Å². The Morgan fingerprint density at radius 3 is 2.85 bits per heavy atom. The summed E-state index contributed by atoms with van der Waals surface area (Å²) in [7, 11) is 0. The van der Waals surface area contributed by atoms with Crippen LogP contribution in [-0.4, -0.2) is 22.3 Å². The standard InChI is InChI=1S/C14H12Cl2N2OS/c1-2-7-18(9-10-4-3-8-20-10)14(19)13-11(15)5-6-12(16)17-13/h2-6,8H,1,7,9H2. The van der Waals surface area contributed by atoms with Crippen LogP contribution in [0.4, 0.5) is 0 Å². The van der Waals surface area contributed by atoms with Gasteiger partial charge in [-0.2, -0.15) is 0 Å². The number of hydrogen-bond acceptors (Lipinski definition) is 3. The van der Waals surface area contributed by atoms with Gasteiger partial charge < -0.3 is 4.90 Å². The zero-order chi connectivity index (χ0) is 14.5. The maximum absolute atomic E-state index is 12.5. The topological polar surface area (TPSA) is 33.2 Å². The molecular weight excluding hydrogens is 315 g/mol. The monoisotopic (exact) mass is 326 g/mol. The van der Waals surface area contributed by atoms with Crippen molar-refractivity contribution in [3.8, 4) is 0 Å². The number of hydrogen-bond donors (Lipinski definition) is 0. The van der Waals surface area contributed by atoms with E-state index in [-0.39, 0.29) is 16.8 Å². The second kappa shape index (κ2) is 6.88. The largest absolute Gasteiger partial charge is 0.328 e. The summed E-state index contributed by atoms with van der Waals surface area (Å²) in [5, 5.41) is 2.50. The van der Waals surface area contributed by atoms with Crippen molar-refractivity contribution in [2.45, 2.75) is 6.54 Å². The minimum absolute atomic E-state index is 0.164. The van der Waals surface area contributed by atoms with Gasteiger partial charge in [-0.25, -0.2) is 4.98 Å². The zero-order valence-corrected chi connectivity index (χ0v) is 12.9. The molecule has 0 bridgehead atoms. The van der Waals surface area contributed by atoms with Gasteiger partial charge in [-0.05, 0) is 23.6 Å². The highest BCUT2D eigenvalue weighted by atomic mass is 35.5. The zero-order valence-electron chi connectivity index (χ0n) is 10.6. The number of pyridine rings is 1. The quantitative estimate of drug-likeness (QED) is 0.607. The molecule has 2 aromatic rings. The summed E-state index contributed by atoms with van der Waals surface area (Å²) in [6.07, 6.45) is 1.67. The molecule has 0 fully saturated rings. The molecule has 104 valence electrons. The molecule has 0 N–H and O–H groups in total. The van der Waals surface area contributed by atoms with Crippen molar-refractivity contribution in [1.29, 1.82) is 0 Å². The molecule has 0 saturated carbocycles. The van der Waals surface area contributed by atoms with Crippen molar-refractivity contribution >= 4 is 40.4 Å². The van der Waals surface area contributed by atoms with Crippen molar-refractivity contribution < 1.29 is 4.79 Å². The molecule has 0 aliphatic carbocycles. The fourth-order valence-corrected chi connectivity index (χ4v) is 2.74. The molecule has 20 heavy (non-hydrogen) atoms. The first-order valence-corrected chi connectivity index (χ1v) is 7.50. The minimum atomic E-state index is -0.259. The Hall–Kier alpha value is -1.36. The number of halogens is 2. The van der Waals surface area contributed by atoms with Gasteiger partial charge in [-0.15, -0.1) is 17.9 Å². The second-order valence-corrected chi connectivity index (χ2v) is 5.84. The van der Waals surface area contributed by atoms with E-state index in [1.54, 1.807) is 34.4 Å². The molecule has 2 heterocycles. The number of carbonyl (C=O) groups excluding carboxylic acids is 1. The normalized spacial score (nSPS) is 10.3. The van der Waals surface area contributed by atoms with Crippen LogP contribution in [-0.2, 0) is 6.54 Å². The van der Waals surface area contributed by atoms with Crippen LogP contribution in [0, 0.1) is 0 Å². The Bertz CT molecular complexity index is 614. The van der Waals surface area contributed by atoms with Crippen LogP contribution in [0.1, 0.15) is 15.4 Å². The summed E-state index contributed by atoms with van der Waals surface area (Å²) in [6, 6.07) is 7.04. The van der Waals surface area contributed by atoms with Gasteiger partial charge in [0.15, 0.2) is 0 Å². The van der Waals surface area contributed by atoms with Gasteiger partial charge in [0.25, 0.3) is 5.91 Å². The van der Waals surface area contributed by atoms with Crippen molar-refractivity contribution in [3.05, 3.63) is 63.0 Å². The Morgan fingerprint density at radius 2 is 2.20 bits per heavy atom. The lowest BCUT2D eigenvalue weighted by Gasteiger charge is -2.20. The first-order valence-electron chi connectivity index (χ1n) is 5.86. The second-order valence-electron chi connectivity index (χ2n) is 4.02. The van der Waals surface area contributed by atoms with Gasteiger partial charge >= 0.3 is 0 Å². The van der Waals surface area contributed by atoms with E-state index in [0.717, 1.165) is 4.88 Å². The molecule has 0 aliphatic heterocycles. The summed E-state index contributed by atoms with van der Waals surface area (Å²) in [4.78, 5) is 19.2. The summed E-state index contributed by atoms with van der Waals surface area (Å²) < 4.78 is 0. The van der Waals surface area contributed by atoms with Crippen LogP contribution in [0.15, 0.2) is 42.3 Å². The average Bonchev–Trinajstić information content (AvgIpc) is 2.93. The van der Waals surface area contributed by atoms with Gasteiger partial charge in [-0.3, -0.25) is 4.79 Å². The molecule has 0 radical (unpaired) electrons. The lowest BCUT2D eigenvalue weighted by Crippen LogP contribution is -2.31. The van der Waals surface area contributed by atoms with Crippen LogP contribution < -0.4 is 0 Å². The highest BCUT2D eigenvalue weighted by molar-refractivity contribution is 7.09. The Balaban J connectivity index is 2.26. The molecule has 0 spiro atoms. The average molecular weight is 327 g/mol. The van der Waals surface area contributed by atoms with E-state index in [2.05, 4.69) is 11.6 Å². The Labute approximate surface area is 131 Å². The fraction of sp³-hybridized carbons (Fsp3) is 0.143. The Kier molecular flexibility index (Phi) is 5.17. The molecular formula is C14H12Cl2N2OS. The number of rotatable bonds is 5. The highest BCUT2D eigenvalue weighted by Gasteiger charge is 2.20. The van der Waals surface area contributed by atoms with E-state index < -0.39 is 0 Å². The van der Waals surface area contributed by atoms with Gasteiger partial charge in [0.05, 0.1) is 11.6 Å². The van der Waals surface area contributed by atoms with Crippen LogP contribution in [0.2, 0.25) is 10.2 Å². The van der Waals surface area contributed by atoms with E-state index in [9.17, 15) is 4.79 Å². The number of amides is 1. The lowest BCUT2D eigenvalue weighted by molar-refractivity contribution is 0.0758. The molecule has 2 aromatic heterocycles. The summed E-state index contributed by atoms with van der Waals surface area (Å²) >= 11 is 13.4. The molecule has 1 amide bonds. The van der Waals surface area contributed by atoms with Crippen LogP contribution in [0.5, 0.6) is 0 Å². The van der Waals surface area contributed by atoms with Gasteiger partial charge in [0.1, 0.15) is 10.8 Å². The molecule has 0 atom stereocenters. The predicted octanol–water partition coefficient (Wildman–Crippen LogP) is 4.28. The first kappa shape index (κ1) is 15.0. The molecule has 6 heteroatoms. The number of aromatic nitrogens is 1. The Morgan fingerprint density at radius 1 is 1.40 bits per heavy atom.